The van der Waals surface area contributed by atoms with Crippen molar-refractivity contribution in [2.75, 3.05) is 11.6 Å². The Balaban J connectivity index is 2.10. The molecule has 2 aromatic rings. The largest absolute Gasteiger partial charge is 0.337 e. The van der Waals surface area contributed by atoms with E-state index in [1.807, 2.05) is 0 Å². The molecular formula is C14H16F2N4O2S. The number of hydrogen-bond acceptors (Lipinski definition) is 5. The lowest BCUT2D eigenvalue weighted by Gasteiger charge is -2.22. The van der Waals surface area contributed by atoms with Crippen LogP contribution in [0.2, 0.25) is 0 Å². The summed E-state index contributed by atoms with van der Waals surface area (Å²) in [5, 5.41) is 8.64. The van der Waals surface area contributed by atoms with E-state index in [1.54, 1.807) is 27.0 Å². The maximum atomic E-state index is 13.7. The van der Waals surface area contributed by atoms with Crippen molar-refractivity contribution in [2.45, 2.75) is 31.2 Å². The molecule has 0 spiro atoms. The van der Waals surface area contributed by atoms with E-state index in [-0.39, 0.29) is 16.5 Å². The van der Waals surface area contributed by atoms with Gasteiger partial charge in [-0.25, -0.2) is 13.6 Å². The second-order valence-corrected chi connectivity index (χ2v) is 6.14. The van der Waals surface area contributed by atoms with Gasteiger partial charge in [0.1, 0.15) is 17.2 Å². The first kappa shape index (κ1) is 17.2. The summed E-state index contributed by atoms with van der Waals surface area (Å²) < 4.78 is 32.4. The Kier molecular flexibility index (Phi) is 4.88. The smallest absolute Gasteiger partial charge is 0.320 e. The summed E-state index contributed by atoms with van der Waals surface area (Å²) in [5.41, 5.74) is -0.936. The predicted octanol–water partition coefficient (Wildman–Crippen LogP) is 3.43. The molecule has 1 heterocycles. The quantitative estimate of drug-likeness (QED) is 0.832. The minimum atomic E-state index is -0.943. The molecule has 124 valence electrons. The third-order valence-electron chi connectivity index (χ3n) is 2.95. The third kappa shape index (κ3) is 3.98. The van der Waals surface area contributed by atoms with Gasteiger partial charge in [-0.1, -0.05) is 5.16 Å². The van der Waals surface area contributed by atoms with Gasteiger partial charge in [-0.05, 0) is 39.2 Å². The van der Waals surface area contributed by atoms with Crippen LogP contribution in [0.25, 0.3) is 0 Å². The van der Waals surface area contributed by atoms with Crippen molar-refractivity contribution >= 4 is 23.5 Å². The fourth-order valence-corrected chi connectivity index (χ4v) is 2.39. The Hall–Kier alpha value is -2.16. The van der Waals surface area contributed by atoms with E-state index in [0.29, 0.717) is 5.82 Å². The first-order valence-corrected chi connectivity index (χ1v) is 7.88. The van der Waals surface area contributed by atoms with Crippen molar-refractivity contribution < 1.29 is 18.1 Å². The van der Waals surface area contributed by atoms with Gasteiger partial charge >= 0.3 is 6.03 Å². The summed E-state index contributed by atoms with van der Waals surface area (Å²) in [6, 6.07) is 1.46. The van der Waals surface area contributed by atoms with Crippen LogP contribution >= 0.6 is 11.8 Å². The highest BCUT2D eigenvalue weighted by Crippen LogP contribution is 2.26. The summed E-state index contributed by atoms with van der Waals surface area (Å²) in [5.74, 6) is -0.813. The van der Waals surface area contributed by atoms with Gasteiger partial charge in [0.25, 0.3) is 5.89 Å². The highest BCUT2D eigenvalue weighted by molar-refractivity contribution is 7.98. The maximum absolute atomic E-state index is 13.7. The molecule has 23 heavy (non-hydrogen) atoms. The van der Waals surface area contributed by atoms with Crippen molar-refractivity contribution in [2.24, 2.45) is 0 Å². The van der Waals surface area contributed by atoms with Crippen LogP contribution in [0.1, 0.15) is 25.6 Å². The zero-order valence-electron chi connectivity index (χ0n) is 13.0. The van der Waals surface area contributed by atoms with Crippen molar-refractivity contribution in [1.82, 2.24) is 15.5 Å². The van der Waals surface area contributed by atoms with Gasteiger partial charge in [-0.2, -0.15) is 4.98 Å². The Labute approximate surface area is 136 Å². The fraction of sp³-hybridized carbons (Fsp3) is 0.357. The fourth-order valence-electron chi connectivity index (χ4n) is 1.88. The molecule has 1 aromatic carbocycles. The molecule has 0 radical (unpaired) electrons. The highest BCUT2D eigenvalue weighted by atomic mass is 32.2. The Morgan fingerprint density at radius 2 is 1.91 bits per heavy atom. The minimum Gasteiger partial charge on any atom is -0.337 e. The normalized spacial score (nSPS) is 11.4. The van der Waals surface area contributed by atoms with Crippen molar-refractivity contribution in [3.05, 3.63) is 35.5 Å². The Morgan fingerprint density at radius 1 is 1.30 bits per heavy atom. The predicted molar refractivity (Wildman–Crippen MR) is 82.4 cm³/mol. The number of anilines is 1. The summed E-state index contributed by atoms with van der Waals surface area (Å²) >= 11 is 0.953. The number of halogens is 2. The first-order chi connectivity index (χ1) is 10.7. The second kappa shape index (κ2) is 6.53. The number of carbonyl (C=O) groups is 1. The number of aromatic nitrogens is 2. The average Bonchev–Trinajstić information content (AvgIpc) is 2.85. The van der Waals surface area contributed by atoms with Gasteiger partial charge in [-0.3, -0.25) is 0 Å². The summed E-state index contributed by atoms with van der Waals surface area (Å²) in [6.45, 7) is 4.98. The van der Waals surface area contributed by atoms with E-state index in [1.165, 1.54) is 0 Å². The van der Waals surface area contributed by atoms with Crippen LogP contribution in [-0.4, -0.2) is 22.4 Å². The molecule has 0 unspecified atom stereocenters. The third-order valence-corrected chi connectivity index (χ3v) is 3.75. The highest BCUT2D eigenvalue weighted by Gasteiger charge is 2.29. The van der Waals surface area contributed by atoms with Gasteiger partial charge in [0.15, 0.2) is 5.82 Å². The molecule has 0 aliphatic heterocycles. The SMILES string of the molecule is CSc1c(F)cc(NC(=O)NC(C)(C)c2nc(C)no2)cc1F. The molecule has 9 heteroatoms. The van der Waals surface area contributed by atoms with Crippen LogP contribution in [-0.2, 0) is 5.54 Å². The standard InChI is InChI=1S/C14H16F2N4O2S/c1-7-17-12(22-20-7)14(2,3)19-13(21)18-8-5-9(15)11(23-4)10(16)6-8/h5-6H,1-4H3,(H2,18,19,21). The van der Waals surface area contributed by atoms with Gasteiger partial charge in [0.2, 0.25) is 0 Å². The number of nitrogens with zero attached hydrogens (tertiary/aromatic N) is 2. The molecule has 6 nitrogen and oxygen atoms in total. The molecule has 2 amide bonds. The topological polar surface area (TPSA) is 80.0 Å². The minimum absolute atomic E-state index is 0.00723. The van der Waals surface area contributed by atoms with E-state index in [9.17, 15) is 13.6 Å². The number of thioether (sulfide) groups is 1. The number of amides is 2. The molecule has 1 aromatic heterocycles. The molecule has 0 saturated carbocycles. The molecule has 0 bridgehead atoms. The maximum Gasteiger partial charge on any atom is 0.320 e. The molecule has 0 aliphatic rings. The van der Waals surface area contributed by atoms with E-state index in [0.717, 1.165) is 23.9 Å². The number of hydrogen-bond donors (Lipinski definition) is 2. The average molecular weight is 342 g/mol. The Bertz CT molecular complexity index is 710. The van der Waals surface area contributed by atoms with Gasteiger partial charge in [0.05, 0.1) is 4.90 Å². The van der Waals surface area contributed by atoms with Crippen LogP contribution < -0.4 is 10.6 Å². The number of aryl methyl sites for hydroxylation is 1. The van der Waals surface area contributed by atoms with Crippen molar-refractivity contribution in [1.29, 1.82) is 0 Å². The molecule has 2 rings (SSSR count). The second-order valence-electron chi connectivity index (χ2n) is 5.32. The van der Waals surface area contributed by atoms with E-state index in [2.05, 4.69) is 20.8 Å². The lowest BCUT2D eigenvalue weighted by molar-refractivity contribution is 0.228. The number of urea groups is 1. The molecule has 0 fully saturated rings. The number of carbonyl (C=O) groups excluding carboxylic acids is 1. The van der Waals surface area contributed by atoms with Crippen LogP contribution in [0.15, 0.2) is 21.6 Å². The summed E-state index contributed by atoms with van der Waals surface area (Å²) in [6.07, 6.45) is 1.57. The number of rotatable bonds is 4. The molecule has 0 saturated heterocycles. The lowest BCUT2D eigenvalue weighted by Crippen LogP contribution is -2.43. The van der Waals surface area contributed by atoms with Crippen molar-refractivity contribution in [3.63, 3.8) is 0 Å². The zero-order valence-corrected chi connectivity index (χ0v) is 13.8. The first-order valence-electron chi connectivity index (χ1n) is 6.66. The molecular weight excluding hydrogens is 326 g/mol. The number of benzene rings is 1. The summed E-state index contributed by atoms with van der Waals surface area (Å²) in [7, 11) is 0. The van der Waals surface area contributed by atoms with E-state index >= 15 is 0 Å². The van der Waals surface area contributed by atoms with E-state index < -0.39 is 23.2 Å². The monoisotopic (exact) mass is 342 g/mol. The van der Waals surface area contributed by atoms with Gasteiger partial charge in [0, 0.05) is 5.69 Å². The van der Waals surface area contributed by atoms with Crippen LogP contribution in [0.3, 0.4) is 0 Å². The van der Waals surface area contributed by atoms with E-state index in [4.69, 9.17) is 4.52 Å². The lowest BCUT2D eigenvalue weighted by atomic mass is 10.1. The van der Waals surface area contributed by atoms with Crippen LogP contribution in [0.4, 0.5) is 19.3 Å². The van der Waals surface area contributed by atoms with Crippen LogP contribution in [0.5, 0.6) is 0 Å². The molecule has 0 atom stereocenters. The van der Waals surface area contributed by atoms with Gasteiger partial charge < -0.3 is 15.2 Å². The Morgan fingerprint density at radius 3 is 2.39 bits per heavy atom. The zero-order chi connectivity index (χ0) is 17.2. The number of nitrogens with one attached hydrogen (secondary N) is 2. The van der Waals surface area contributed by atoms with Gasteiger partial charge in [-0.15, -0.1) is 11.8 Å². The molecule has 0 aliphatic carbocycles. The van der Waals surface area contributed by atoms with Crippen molar-refractivity contribution in [3.8, 4) is 0 Å². The summed E-state index contributed by atoms with van der Waals surface area (Å²) in [4.78, 5) is 16.0. The molecule has 2 N–H and O–H groups in total. The van der Waals surface area contributed by atoms with Crippen LogP contribution in [0, 0.1) is 18.6 Å².